The van der Waals surface area contributed by atoms with E-state index in [-0.39, 0.29) is 41.0 Å². The molecule has 210 valence electrons. The Hall–Kier alpha value is -3.42. The molecule has 1 unspecified atom stereocenters. The van der Waals surface area contributed by atoms with Crippen LogP contribution in [0.5, 0.6) is 5.88 Å². The van der Waals surface area contributed by atoms with Crippen molar-refractivity contribution < 1.29 is 31.8 Å². The molecule has 1 fully saturated rings. The van der Waals surface area contributed by atoms with Crippen molar-refractivity contribution in [2.75, 3.05) is 6.61 Å². The number of carbonyl (C=O) groups excluding carboxylic acids is 1. The third kappa shape index (κ3) is 4.10. The van der Waals surface area contributed by atoms with E-state index >= 15 is 4.39 Å². The monoisotopic (exact) mass is 553 g/mol. The average molecular weight is 554 g/mol. The van der Waals surface area contributed by atoms with Crippen LogP contribution in [0.1, 0.15) is 79.0 Å². The van der Waals surface area contributed by atoms with Crippen molar-refractivity contribution in [2.24, 2.45) is 11.8 Å². The van der Waals surface area contributed by atoms with Gasteiger partial charge in [0.05, 0.1) is 18.1 Å². The standard InChI is InChI=1S/C32H31F4NO3/c1-5-39-29(38)28-24-11-17-12-27(37-15-25(17)31(24,28)4)40-16-18-10-20-21(14-30(2,3)23(20)13-26(18)33)19-8-6-7-9-22(19)32(34,35)36/h6-10,12-13,15,21,24,28H,5,11,14,16H2,1-4H3/t21?,24-,28+,31+/m0/s1. The number of halogens is 4. The number of pyridine rings is 1. The molecule has 3 aliphatic rings. The smallest absolute Gasteiger partial charge is 0.416 e. The predicted molar refractivity (Wildman–Crippen MR) is 141 cm³/mol. The van der Waals surface area contributed by atoms with E-state index in [0.29, 0.717) is 24.5 Å². The lowest BCUT2D eigenvalue weighted by atomic mass is 9.84. The maximum atomic E-state index is 15.3. The molecule has 1 heterocycles. The summed E-state index contributed by atoms with van der Waals surface area (Å²) in [6.45, 7) is 7.96. The molecule has 4 atom stereocenters. The predicted octanol–water partition coefficient (Wildman–Crippen LogP) is 7.25. The van der Waals surface area contributed by atoms with E-state index in [1.165, 1.54) is 18.2 Å². The van der Waals surface area contributed by atoms with Crippen LogP contribution in [0.25, 0.3) is 0 Å². The van der Waals surface area contributed by atoms with E-state index in [4.69, 9.17) is 9.47 Å². The Balaban J connectivity index is 1.25. The van der Waals surface area contributed by atoms with Crippen molar-refractivity contribution in [3.63, 3.8) is 0 Å². The molecule has 3 aliphatic carbocycles. The van der Waals surface area contributed by atoms with E-state index in [9.17, 15) is 18.0 Å². The largest absolute Gasteiger partial charge is 0.473 e. The number of aromatic nitrogens is 1. The summed E-state index contributed by atoms with van der Waals surface area (Å²) in [4.78, 5) is 16.8. The average Bonchev–Trinajstić information content (AvgIpc) is 3.24. The Kier molecular flexibility index (Phi) is 6.06. The van der Waals surface area contributed by atoms with Crippen molar-refractivity contribution in [1.29, 1.82) is 0 Å². The minimum atomic E-state index is -4.48. The summed E-state index contributed by atoms with van der Waals surface area (Å²) in [6, 6.07) is 10.6. The van der Waals surface area contributed by atoms with Crippen molar-refractivity contribution >= 4 is 5.97 Å². The number of fused-ring (bicyclic) bond motifs is 4. The first-order valence-corrected chi connectivity index (χ1v) is 13.6. The number of esters is 1. The molecule has 8 heteroatoms. The zero-order chi connectivity index (χ0) is 28.6. The van der Waals surface area contributed by atoms with Crippen LogP contribution in [0.3, 0.4) is 0 Å². The molecule has 2 aromatic carbocycles. The maximum absolute atomic E-state index is 15.3. The second kappa shape index (κ2) is 9.05. The van der Waals surface area contributed by atoms with Gasteiger partial charge in [-0.25, -0.2) is 9.37 Å². The zero-order valence-electron chi connectivity index (χ0n) is 22.9. The van der Waals surface area contributed by atoms with Gasteiger partial charge in [0.1, 0.15) is 12.4 Å². The zero-order valence-corrected chi connectivity index (χ0v) is 22.9. The second-order valence-electron chi connectivity index (χ2n) is 12.0. The first kappa shape index (κ1) is 26.8. The molecule has 6 rings (SSSR count). The Morgan fingerprint density at radius 2 is 1.82 bits per heavy atom. The summed E-state index contributed by atoms with van der Waals surface area (Å²) in [5.74, 6) is -0.784. The van der Waals surface area contributed by atoms with E-state index in [1.807, 2.05) is 19.9 Å². The van der Waals surface area contributed by atoms with E-state index in [0.717, 1.165) is 29.2 Å². The first-order chi connectivity index (χ1) is 18.9. The Morgan fingerprint density at radius 3 is 2.55 bits per heavy atom. The highest BCUT2D eigenvalue weighted by Gasteiger charge is 2.70. The number of hydrogen-bond acceptors (Lipinski definition) is 4. The number of rotatable bonds is 6. The molecule has 4 nitrogen and oxygen atoms in total. The molecule has 0 radical (unpaired) electrons. The summed E-state index contributed by atoms with van der Waals surface area (Å²) in [5, 5.41) is 0. The van der Waals surface area contributed by atoms with Crippen LogP contribution in [-0.2, 0) is 39.6 Å². The molecule has 3 aromatic rings. The van der Waals surface area contributed by atoms with Gasteiger partial charge in [0.15, 0.2) is 0 Å². The van der Waals surface area contributed by atoms with E-state index < -0.39 is 28.9 Å². The lowest BCUT2D eigenvalue weighted by Gasteiger charge is -2.21. The van der Waals surface area contributed by atoms with Crippen LogP contribution >= 0.6 is 0 Å². The fourth-order valence-electron chi connectivity index (χ4n) is 7.23. The van der Waals surface area contributed by atoms with Gasteiger partial charge in [0, 0.05) is 29.2 Å². The molecule has 0 amide bonds. The van der Waals surface area contributed by atoms with E-state index in [1.54, 1.807) is 25.3 Å². The summed E-state index contributed by atoms with van der Waals surface area (Å²) < 4.78 is 68.0. The number of nitrogens with zero attached hydrogens (tertiary/aromatic N) is 1. The van der Waals surface area contributed by atoms with Gasteiger partial charge >= 0.3 is 12.1 Å². The van der Waals surface area contributed by atoms with Crippen LogP contribution in [0.4, 0.5) is 17.6 Å². The highest BCUT2D eigenvalue weighted by Crippen LogP contribution is 2.66. The summed E-state index contributed by atoms with van der Waals surface area (Å²) in [6.07, 6.45) is -1.59. The number of hydrogen-bond donors (Lipinski definition) is 0. The summed E-state index contributed by atoms with van der Waals surface area (Å²) in [5.41, 5.74) is 2.52. The topological polar surface area (TPSA) is 48.4 Å². The molecule has 40 heavy (non-hydrogen) atoms. The molecule has 0 aliphatic heterocycles. The molecular weight excluding hydrogens is 522 g/mol. The number of ether oxygens (including phenoxy) is 2. The highest BCUT2D eigenvalue weighted by molar-refractivity contribution is 5.81. The number of carbonyl (C=O) groups is 1. The van der Waals surface area contributed by atoms with Crippen LogP contribution in [0.2, 0.25) is 0 Å². The highest BCUT2D eigenvalue weighted by atomic mass is 19.4. The lowest BCUT2D eigenvalue weighted by Crippen LogP contribution is -2.16. The minimum absolute atomic E-state index is 0.106. The van der Waals surface area contributed by atoms with Crippen LogP contribution in [-0.4, -0.2) is 17.6 Å². The SMILES string of the molecule is CCOC(=O)[C@H]1[C@@H]2Cc3cc(OCc4cc5c(cc4F)C(C)(C)CC5c4ccccc4C(F)(F)F)ncc3[C@@]21C. The fraction of sp³-hybridized carbons (Fsp3) is 0.438. The Bertz CT molecular complexity index is 1510. The molecule has 0 spiro atoms. The third-order valence-corrected chi connectivity index (χ3v) is 9.29. The van der Waals surface area contributed by atoms with Crippen LogP contribution in [0, 0.1) is 17.7 Å². The molecule has 1 saturated carbocycles. The molecular formula is C32H31F4NO3. The van der Waals surface area contributed by atoms with Crippen molar-refractivity contribution in [1.82, 2.24) is 4.98 Å². The summed E-state index contributed by atoms with van der Waals surface area (Å²) in [7, 11) is 0. The van der Waals surface area contributed by atoms with E-state index in [2.05, 4.69) is 11.9 Å². The Morgan fingerprint density at radius 1 is 1.07 bits per heavy atom. The van der Waals surface area contributed by atoms with Gasteiger partial charge in [-0.3, -0.25) is 4.79 Å². The quantitative estimate of drug-likeness (QED) is 0.238. The Labute approximate surface area is 230 Å². The maximum Gasteiger partial charge on any atom is 0.416 e. The van der Waals surface area contributed by atoms with Gasteiger partial charge in [-0.05, 0) is 77.1 Å². The van der Waals surface area contributed by atoms with Gasteiger partial charge in [-0.1, -0.05) is 39.0 Å². The molecule has 0 bridgehead atoms. The minimum Gasteiger partial charge on any atom is -0.473 e. The summed E-state index contributed by atoms with van der Waals surface area (Å²) >= 11 is 0. The van der Waals surface area contributed by atoms with Gasteiger partial charge < -0.3 is 9.47 Å². The molecule has 0 N–H and O–H groups in total. The fourth-order valence-corrected chi connectivity index (χ4v) is 7.23. The van der Waals surface area contributed by atoms with Crippen molar-refractivity contribution in [3.8, 4) is 5.88 Å². The first-order valence-electron chi connectivity index (χ1n) is 13.6. The van der Waals surface area contributed by atoms with Crippen molar-refractivity contribution in [3.05, 3.63) is 93.4 Å². The third-order valence-electron chi connectivity index (χ3n) is 9.29. The van der Waals surface area contributed by atoms with Crippen molar-refractivity contribution in [2.45, 2.75) is 70.1 Å². The van der Waals surface area contributed by atoms with Gasteiger partial charge in [0.2, 0.25) is 5.88 Å². The molecule has 0 saturated heterocycles. The lowest BCUT2D eigenvalue weighted by molar-refractivity contribution is -0.145. The van der Waals surface area contributed by atoms with Crippen LogP contribution < -0.4 is 4.74 Å². The second-order valence-corrected chi connectivity index (χ2v) is 12.0. The number of benzene rings is 2. The van der Waals surface area contributed by atoms with Gasteiger partial charge in [-0.2, -0.15) is 13.2 Å². The number of alkyl halides is 3. The normalized spacial score (nSPS) is 25.6. The van der Waals surface area contributed by atoms with Gasteiger partial charge in [-0.15, -0.1) is 0 Å². The van der Waals surface area contributed by atoms with Gasteiger partial charge in [0.25, 0.3) is 0 Å². The molecule has 1 aromatic heterocycles. The van der Waals surface area contributed by atoms with Crippen LogP contribution in [0.15, 0.2) is 48.7 Å².